The van der Waals surface area contributed by atoms with Crippen LogP contribution in [0.25, 0.3) is 0 Å². The predicted octanol–water partition coefficient (Wildman–Crippen LogP) is 1.59. The van der Waals surface area contributed by atoms with E-state index in [1.165, 1.54) is 10.2 Å². The second kappa shape index (κ2) is 7.95. The topological polar surface area (TPSA) is 50.2 Å². The maximum Gasteiger partial charge on any atom is 0.268 e. The fraction of sp³-hybridized carbons (Fsp3) is 0.467. The SMILES string of the molecule is CCN(C)c1cnn(CCNCCc2ccsc2)c(=O)c1. The number of nitrogens with zero attached hydrogens (tertiary/aromatic N) is 3. The Balaban J connectivity index is 1.76. The Hall–Kier alpha value is -1.66. The molecule has 0 bridgehead atoms. The molecule has 0 saturated carbocycles. The first kappa shape index (κ1) is 15.7. The Morgan fingerprint density at radius 1 is 1.43 bits per heavy atom. The van der Waals surface area contributed by atoms with Gasteiger partial charge in [0.25, 0.3) is 5.56 Å². The molecule has 2 aromatic rings. The maximum absolute atomic E-state index is 12.0. The largest absolute Gasteiger partial charge is 0.373 e. The summed E-state index contributed by atoms with van der Waals surface area (Å²) < 4.78 is 1.50. The average molecular weight is 306 g/mol. The summed E-state index contributed by atoms with van der Waals surface area (Å²) in [5.41, 5.74) is 2.17. The first-order valence-electron chi connectivity index (χ1n) is 7.21. The van der Waals surface area contributed by atoms with E-state index in [0.29, 0.717) is 6.54 Å². The van der Waals surface area contributed by atoms with Crippen molar-refractivity contribution >= 4 is 17.0 Å². The highest BCUT2D eigenvalue weighted by atomic mass is 32.1. The summed E-state index contributed by atoms with van der Waals surface area (Å²) in [5.74, 6) is 0. The Labute approximate surface area is 129 Å². The Kier molecular flexibility index (Phi) is 5.95. The molecular weight excluding hydrogens is 284 g/mol. The molecule has 0 saturated heterocycles. The van der Waals surface area contributed by atoms with E-state index < -0.39 is 0 Å². The summed E-state index contributed by atoms with van der Waals surface area (Å²) in [5, 5.41) is 11.8. The van der Waals surface area contributed by atoms with Gasteiger partial charge in [0.05, 0.1) is 18.4 Å². The number of aromatic nitrogens is 2. The van der Waals surface area contributed by atoms with Gasteiger partial charge in [-0.2, -0.15) is 16.4 Å². The van der Waals surface area contributed by atoms with Crippen molar-refractivity contribution in [2.45, 2.75) is 19.9 Å². The third-order valence-corrected chi connectivity index (χ3v) is 4.17. The normalized spacial score (nSPS) is 10.8. The minimum absolute atomic E-state index is 0.0487. The van der Waals surface area contributed by atoms with Crippen LogP contribution in [0.5, 0.6) is 0 Å². The van der Waals surface area contributed by atoms with E-state index in [0.717, 1.165) is 31.7 Å². The molecule has 0 spiro atoms. The molecule has 2 rings (SSSR count). The van der Waals surface area contributed by atoms with E-state index in [9.17, 15) is 4.79 Å². The van der Waals surface area contributed by atoms with Crippen LogP contribution in [0.15, 0.2) is 33.9 Å². The summed E-state index contributed by atoms with van der Waals surface area (Å²) in [4.78, 5) is 14.0. The van der Waals surface area contributed by atoms with Crippen LogP contribution in [0.1, 0.15) is 12.5 Å². The number of nitrogens with one attached hydrogen (secondary N) is 1. The minimum Gasteiger partial charge on any atom is -0.373 e. The molecule has 0 aliphatic carbocycles. The molecule has 0 atom stereocenters. The highest BCUT2D eigenvalue weighted by molar-refractivity contribution is 7.07. The molecule has 2 aromatic heterocycles. The molecule has 5 nitrogen and oxygen atoms in total. The van der Waals surface area contributed by atoms with Crippen LogP contribution in [0.4, 0.5) is 5.69 Å². The molecule has 2 heterocycles. The molecule has 114 valence electrons. The van der Waals surface area contributed by atoms with Crippen molar-refractivity contribution in [2.24, 2.45) is 0 Å². The number of hydrogen-bond acceptors (Lipinski definition) is 5. The molecule has 0 amide bonds. The van der Waals surface area contributed by atoms with Gasteiger partial charge >= 0.3 is 0 Å². The van der Waals surface area contributed by atoms with Gasteiger partial charge in [-0.3, -0.25) is 4.79 Å². The highest BCUT2D eigenvalue weighted by Gasteiger charge is 2.03. The molecule has 0 aromatic carbocycles. The third kappa shape index (κ3) is 4.68. The Bertz CT molecular complexity index is 594. The van der Waals surface area contributed by atoms with E-state index in [-0.39, 0.29) is 5.56 Å². The number of hydrogen-bond donors (Lipinski definition) is 1. The lowest BCUT2D eigenvalue weighted by Crippen LogP contribution is -2.30. The van der Waals surface area contributed by atoms with E-state index >= 15 is 0 Å². The molecule has 6 heteroatoms. The zero-order valence-electron chi connectivity index (χ0n) is 12.6. The van der Waals surface area contributed by atoms with Crippen molar-refractivity contribution in [2.75, 3.05) is 31.6 Å². The summed E-state index contributed by atoms with van der Waals surface area (Å²) in [6.45, 7) is 5.17. The van der Waals surface area contributed by atoms with Gasteiger partial charge in [-0.05, 0) is 42.3 Å². The molecule has 0 radical (unpaired) electrons. The van der Waals surface area contributed by atoms with Crippen molar-refractivity contribution < 1.29 is 0 Å². The maximum atomic E-state index is 12.0. The van der Waals surface area contributed by atoms with Crippen molar-refractivity contribution in [3.63, 3.8) is 0 Å². The van der Waals surface area contributed by atoms with Gasteiger partial charge < -0.3 is 10.2 Å². The van der Waals surface area contributed by atoms with Gasteiger partial charge in [-0.25, -0.2) is 4.68 Å². The van der Waals surface area contributed by atoms with E-state index in [2.05, 4.69) is 27.2 Å². The second-order valence-corrected chi connectivity index (χ2v) is 5.70. The summed E-state index contributed by atoms with van der Waals surface area (Å²) in [7, 11) is 1.95. The van der Waals surface area contributed by atoms with E-state index in [4.69, 9.17) is 0 Å². The first-order valence-corrected chi connectivity index (χ1v) is 8.15. The zero-order valence-corrected chi connectivity index (χ0v) is 13.4. The molecule has 0 unspecified atom stereocenters. The average Bonchev–Trinajstić information content (AvgIpc) is 3.00. The Morgan fingerprint density at radius 3 is 2.95 bits per heavy atom. The lowest BCUT2D eigenvalue weighted by atomic mass is 10.2. The number of rotatable bonds is 8. The molecule has 1 N–H and O–H groups in total. The van der Waals surface area contributed by atoms with Crippen LogP contribution in [0, 0.1) is 0 Å². The Morgan fingerprint density at radius 2 is 2.29 bits per heavy atom. The van der Waals surface area contributed by atoms with E-state index in [1.54, 1.807) is 23.6 Å². The highest BCUT2D eigenvalue weighted by Crippen LogP contribution is 2.06. The van der Waals surface area contributed by atoms with E-state index in [1.807, 2.05) is 18.9 Å². The van der Waals surface area contributed by atoms with Crippen LogP contribution < -0.4 is 15.8 Å². The number of anilines is 1. The zero-order chi connectivity index (χ0) is 15.1. The van der Waals surface area contributed by atoms with Crippen molar-refractivity contribution in [3.05, 3.63) is 45.0 Å². The van der Waals surface area contributed by atoms with Crippen LogP contribution in [0.3, 0.4) is 0 Å². The van der Waals surface area contributed by atoms with Gasteiger partial charge in [0.15, 0.2) is 0 Å². The monoisotopic (exact) mass is 306 g/mol. The quantitative estimate of drug-likeness (QED) is 0.753. The molecule has 0 fully saturated rings. The number of thiophene rings is 1. The summed E-state index contributed by atoms with van der Waals surface area (Å²) in [6.07, 6.45) is 2.77. The van der Waals surface area contributed by atoms with Crippen molar-refractivity contribution in [1.29, 1.82) is 0 Å². The van der Waals surface area contributed by atoms with Gasteiger partial charge in [-0.1, -0.05) is 0 Å². The second-order valence-electron chi connectivity index (χ2n) is 4.92. The third-order valence-electron chi connectivity index (χ3n) is 3.44. The minimum atomic E-state index is -0.0487. The van der Waals surface area contributed by atoms with Crippen LogP contribution in [-0.4, -0.2) is 36.5 Å². The predicted molar refractivity (Wildman–Crippen MR) is 88.3 cm³/mol. The van der Waals surface area contributed by atoms with Crippen LogP contribution in [0.2, 0.25) is 0 Å². The molecule has 21 heavy (non-hydrogen) atoms. The summed E-state index contributed by atoms with van der Waals surface area (Å²) in [6, 6.07) is 3.78. The smallest absolute Gasteiger partial charge is 0.268 e. The van der Waals surface area contributed by atoms with Crippen molar-refractivity contribution in [3.8, 4) is 0 Å². The molecular formula is C15H22N4OS. The van der Waals surface area contributed by atoms with Crippen LogP contribution in [-0.2, 0) is 13.0 Å². The fourth-order valence-corrected chi connectivity index (χ4v) is 2.66. The summed E-state index contributed by atoms with van der Waals surface area (Å²) >= 11 is 1.72. The van der Waals surface area contributed by atoms with Gasteiger partial charge in [0, 0.05) is 26.2 Å². The van der Waals surface area contributed by atoms with Crippen molar-refractivity contribution in [1.82, 2.24) is 15.1 Å². The van der Waals surface area contributed by atoms with Gasteiger partial charge in [0.2, 0.25) is 0 Å². The standard InChI is InChI=1S/C15H22N4OS/c1-3-18(2)14-10-15(20)19(17-11-14)8-7-16-6-4-13-5-9-21-12-13/h5,9-12,16H,3-4,6-8H2,1-2H3. The lowest BCUT2D eigenvalue weighted by molar-refractivity contribution is 0.533. The van der Waals surface area contributed by atoms with Crippen LogP contribution >= 0.6 is 11.3 Å². The van der Waals surface area contributed by atoms with Gasteiger partial charge in [0.1, 0.15) is 0 Å². The fourth-order valence-electron chi connectivity index (χ4n) is 1.96. The molecule has 0 aliphatic rings. The first-order chi connectivity index (χ1) is 10.2. The van der Waals surface area contributed by atoms with Gasteiger partial charge in [-0.15, -0.1) is 0 Å². The lowest BCUT2D eigenvalue weighted by Gasteiger charge is -2.16. The molecule has 0 aliphatic heterocycles.